The number of hydrogen-bond donors (Lipinski definition) is 2. The van der Waals surface area contributed by atoms with Gasteiger partial charge in [0.15, 0.2) is 0 Å². The van der Waals surface area contributed by atoms with Crippen molar-refractivity contribution in [2.24, 2.45) is 11.8 Å². The summed E-state index contributed by atoms with van der Waals surface area (Å²) in [5, 5.41) is 5.85. The van der Waals surface area contributed by atoms with Gasteiger partial charge >= 0.3 is 0 Å². The zero-order valence-corrected chi connectivity index (χ0v) is 16.0. The molecule has 0 aromatic heterocycles. The minimum atomic E-state index is -0.00350. The van der Waals surface area contributed by atoms with Crippen LogP contribution in [-0.2, 0) is 16.1 Å². The van der Waals surface area contributed by atoms with Gasteiger partial charge in [0, 0.05) is 18.2 Å². The molecular weight excluding hydrogens is 320 g/mol. The molecule has 2 amide bonds. The highest BCUT2D eigenvalue weighted by Crippen LogP contribution is 2.13. The Morgan fingerprint density at radius 1 is 1.21 bits per heavy atom. The summed E-state index contributed by atoms with van der Waals surface area (Å²) < 4.78 is 0. The maximum Gasteiger partial charge on any atom is 0.230 e. The smallest absolute Gasteiger partial charge is 0.230 e. The van der Waals surface area contributed by atoms with Crippen molar-refractivity contribution < 1.29 is 9.59 Å². The van der Waals surface area contributed by atoms with E-state index in [-0.39, 0.29) is 17.7 Å². The molecule has 0 aliphatic carbocycles. The van der Waals surface area contributed by atoms with Gasteiger partial charge in [-0.15, -0.1) is 0 Å². The van der Waals surface area contributed by atoms with Crippen LogP contribution in [0.15, 0.2) is 24.3 Å². The van der Waals surface area contributed by atoms with E-state index in [1.54, 1.807) is 11.8 Å². The maximum atomic E-state index is 11.9. The molecule has 1 aromatic rings. The molecule has 1 atom stereocenters. The van der Waals surface area contributed by atoms with E-state index in [4.69, 9.17) is 0 Å². The Balaban J connectivity index is 2.39. The van der Waals surface area contributed by atoms with Gasteiger partial charge < -0.3 is 10.6 Å². The quantitative estimate of drug-likeness (QED) is 0.626. The summed E-state index contributed by atoms with van der Waals surface area (Å²) in [6.07, 6.45) is 1.95. The molecule has 4 nitrogen and oxygen atoms in total. The van der Waals surface area contributed by atoms with Crippen LogP contribution in [-0.4, -0.2) is 23.3 Å². The van der Waals surface area contributed by atoms with E-state index in [0.29, 0.717) is 18.2 Å². The second-order valence-electron chi connectivity index (χ2n) is 6.51. The monoisotopic (exact) mass is 350 g/mol. The van der Waals surface area contributed by atoms with Crippen molar-refractivity contribution in [3.63, 3.8) is 0 Å². The average molecular weight is 351 g/mol. The van der Waals surface area contributed by atoms with E-state index in [1.807, 2.05) is 38.1 Å². The van der Waals surface area contributed by atoms with E-state index in [2.05, 4.69) is 24.5 Å². The third-order valence-corrected chi connectivity index (χ3v) is 4.81. The lowest BCUT2D eigenvalue weighted by Gasteiger charge is -2.11. The van der Waals surface area contributed by atoms with Crippen molar-refractivity contribution in [1.82, 2.24) is 5.32 Å². The Kier molecular flexibility index (Phi) is 9.53. The minimum absolute atomic E-state index is 0.00350. The zero-order chi connectivity index (χ0) is 17.9. The van der Waals surface area contributed by atoms with E-state index in [9.17, 15) is 9.59 Å². The van der Waals surface area contributed by atoms with Gasteiger partial charge in [-0.05, 0) is 42.2 Å². The third-order valence-electron chi connectivity index (χ3n) is 3.82. The number of nitrogens with one attached hydrogen (secondary N) is 2. The molecule has 2 N–H and O–H groups in total. The molecule has 1 unspecified atom stereocenters. The first kappa shape index (κ1) is 20.6. The van der Waals surface area contributed by atoms with E-state index in [0.717, 1.165) is 29.8 Å². The first-order chi connectivity index (χ1) is 11.4. The molecule has 1 rings (SSSR count). The summed E-state index contributed by atoms with van der Waals surface area (Å²) >= 11 is 1.67. The number of hydrogen-bond acceptors (Lipinski definition) is 3. The normalized spacial score (nSPS) is 12.0. The predicted molar refractivity (Wildman–Crippen MR) is 103 cm³/mol. The van der Waals surface area contributed by atoms with Crippen LogP contribution < -0.4 is 10.6 Å². The Morgan fingerprint density at radius 3 is 2.62 bits per heavy atom. The molecular formula is C19H30N2O2S. The molecule has 0 bridgehead atoms. The van der Waals surface area contributed by atoms with Crippen molar-refractivity contribution in [3.05, 3.63) is 29.8 Å². The summed E-state index contributed by atoms with van der Waals surface area (Å²) in [5.41, 5.74) is 1.76. The SMILES string of the molecule is CCC(C)C(=O)Nc1cccc(CNC(=O)CSCCC(C)C)c1. The molecule has 0 fully saturated rings. The van der Waals surface area contributed by atoms with Gasteiger partial charge in [-0.2, -0.15) is 11.8 Å². The van der Waals surface area contributed by atoms with Crippen LogP contribution in [0.5, 0.6) is 0 Å². The van der Waals surface area contributed by atoms with Gasteiger partial charge in [0.05, 0.1) is 5.75 Å². The lowest BCUT2D eigenvalue weighted by Crippen LogP contribution is -2.25. The van der Waals surface area contributed by atoms with Crippen molar-refractivity contribution in [3.8, 4) is 0 Å². The standard InChI is InChI=1S/C19H30N2O2S/c1-5-15(4)19(23)21-17-8-6-7-16(11-17)12-20-18(22)13-24-10-9-14(2)3/h6-8,11,14-15H,5,9-10,12-13H2,1-4H3,(H,20,22)(H,21,23). The van der Waals surface area contributed by atoms with E-state index >= 15 is 0 Å². The fourth-order valence-electron chi connectivity index (χ4n) is 1.95. The van der Waals surface area contributed by atoms with Crippen molar-refractivity contribution >= 4 is 29.3 Å². The van der Waals surface area contributed by atoms with E-state index < -0.39 is 0 Å². The highest BCUT2D eigenvalue weighted by Gasteiger charge is 2.10. The summed E-state index contributed by atoms with van der Waals surface area (Å²) in [6.45, 7) is 8.77. The first-order valence-electron chi connectivity index (χ1n) is 8.66. The Hall–Kier alpha value is -1.49. The molecule has 0 spiro atoms. The largest absolute Gasteiger partial charge is 0.351 e. The average Bonchev–Trinajstić information content (AvgIpc) is 2.56. The fraction of sp³-hybridized carbons (Fsp3) is 0.579. The third kappa shape index (κ3) is 8.39. The zero-order valence-electron chi connectivity index (χ0n) is 15.2. The highest BCUT2D eigenvalue weighted by atomic mass is 32.2. The van der Waals surface area contributed by atoms with Gasteiger partial charge in [-0.1, -0.05) is 39.8 Å². The van der Waals surface area contributed by atoms with Crippen LogP contribution in [0.25, 0.3) is 0 Å². The van der Waals surface area contributed by atoms with Gasteiger partial charge in [0.25, 0.3) is 0 Å². The lowest BCUT2D eigenvalue weighted by molar-refractivity contribution is -0.120. The summed E-state index contributed by atoms with van der Waals surface area (Å²) in [7, 11) is 0. The highest BCUT2D eigenvalue weighted by molar-refractivity contribution is 7.99. The molecule has 0 aliphatic heterocycles. The molecule has 0 heterocycles. The number of rotatable bonds is 10. The second kappa shape index (κ2) is 11.1. The van der Waals surface area contributed by atoms with Crippen LogP contribution in [0.3, 0.4) is 0 Å². The molecule has 0 aliphatic rings. The summed E-state index contributed by atoms with van der Waals surface area (Å²) in [5.74, 6) is 2.27. The predicted octanol–water partition coefficient (Wildman–Crippen LogP) is 4.07. The van der Waals surface area contributed by atoms with Gasteiger partial charge in [0.1, 0.15) is 0 Å². The summed E-state index contributed by atoms with van der Waals surface area (Å²) in [6, 6.07) is 7.62. The van der Waals surface area contributed by atoms with Crippen molar-refractivity contribution in [1.29, 1.82) is 0 Å². The van der Waals surface area contributed by atoms with Gasteiger partial charge in [-0.3, -0.25) is 9.59 Å². The Labute approximate surface area is 150 Å². The maximum absolute atomic E-state index is 11.9. The first-order valence-corrected chi connectivity index (χ1v) is 9.82. The number of carbonyl (C=O) groups is 2. The van der Waals surface area contributed by atoms with Crippen LogP contribution in [0.1, 0.15) is 46.1 Å². The Morgan fingerprint density at radius 2 is 1.96 bits per heavy atom. The number of amides is 2. The number of thioether (sulfide) groups is 1. The van der Waals surface area contributed by atoms with Crippen LogP contribution in [0.2, 0.25) is 0 Å². The van der Waals surface area contributed by atoms with Crippen molar-refractivity contribution in [2.45, 2.75) is 47.1 Å². The lowest BCUT2D eigenvalue weighted by atomic mass is 10.1. The number of carbonyl (C=O) groups excluding carboxylic acids is 2. The molecule has 0 saturated carbocycles. The molecule has 0 saturated heterocycles. The number of anilines is 1. The second-order valence-corrected chi connectivity index (χ2v) is 7.62. The van der Waals surface area contributed by atoms with Gasteiger partial charge in [0.2, 0.25) is 11.8 Å². The van der Waals surface area contributed by atoms with Crippen LogP contribution in [0.4, 0.5) is 5.69 Å². The molecule has 5 heteroatoms. The van der Waals surface area contributed by atoms with Gasteiger partial charge in [-0.25, -0.2) is 0 Å². The minimum Gasteiger partial charge on any atom is -0.351 e. The molecule has 134 valence electrons. The topological polar surface area (TPSA) is 58.2 Å². The van der Waals surface area contributed by atoms with Crippen LogP contribution in [0, 0.1) is 11.8 Å². The fourth-order valence-corrected chi connectivity index (χ4v) is 3.02. The molecule has 1 aromatic carbocycles. The van der Waals surface area contributed by atoms with Crippen molar-refractivity contribution in [2.75, 3.05) is 16.8 Å². The molecule has 24 heavy (non-hydrogen) atoms. The Bertz CT molecular complexity index is 532. The molecule has 0 radical (unpaired) electrons. The van der Waals surface area contributed by atoms with Crippen LogP contribution >= 0.6 is 11.8 Å². The summed E-state index contributed by atoms with van der Waals surface area (Å²) in [4.78, 5) is 23.8. The number of benzene rings is 1. The van der Waals surface area contributed by atoms with E-state index in [1.165, 1.54) is 0 Å².